The van der Waals surface area contributed by atoms with Crippen LogP contribution in [0.2, 0.25) is 0 Å². The zero-order valence-electron chi connectivity index (χ0n) is 11.7. The molecule has 3 N–H and O–H groups in total. The molecule has 2 heterocycles. The van der Waals surface area contributed by atoms with E-state index in [0.717, 1.165) is 37.7 Å². The zero-order chi connectivity index (χ0) is 13.9. The predicted octanol–water partition coefficient (Wildman–Crippen LogP) is -0.172. The Morgan fingerprint density at radius 2 is 1.89 bits per heavy atom. The van der Waals surface area contributed by atoms with Crippen LogP contribution in [-0.4, -0.2) is 58.3 Å². The molecule has 6 nitrogen and oxygen atoms in total. The monoisotopic (exact) mass is 265 g/mol. The fraction of sp³-hybridized carbons (Fsp3) is 0.692. The minimum Gasteiger partial charge on any atom is -0.389 e. The van der Waals surface area contributed by atoms with Crippen LogP contribution in [0.4, 0.5) is 5.82 Å². The minimum absolute atomic E-state index is 0.423. The van der Waals surface area contributed by atoms with Crippen molar-refractivity contribution in [2.24, 2.45) is 5.73 Å². The summed E-state index contributed by atoms with van der Waals surface area (Å²) in [4.78, 5) is 13.1. The van der Waals surface area contributed by atoms with Crippen LogP contribution in [0.5, 0.6) is 0 Å². The highest BCUT2D eigenvalue weighted by Gasteiger charge is 2.23. The van der Waals surface area contributed by atoms with Gasteiger partial charge >= 0.3 is 0 Å². The molecule has 1 aromatic heterocycles. The summed E-state index contributed by atoms with van der Waals surface area (Å²) in [6.07, 6.45) is 3.52. The molecule has 1 fully saturated rings. The van der Waals surface area contributed by atoms with E-state index in [4.69, 9.17) is 5.73 Å². The third-order valence-electron chi connectivity index (χ3n) is 3.21. The first-order valence-electron chi connectivity index (χ1n) is 6.68. The van der Waals surface area contributed by atoms with Crippen molar-refractivity contribution in [2.75, 3.05) is 37.6 Å². The fourth-order valence-electron chi connectivity index (χ4n) is 2.30. The SMILES string of the molecule is CC(C)(O)CN1CCN(c2cnc(CN)cn2)CC1. The van der Waals surface area contributed by atoms with E-state index >= 15 is 0 Å². The molecule has 0 amide bonds. The number of β-amino-alcohol motifs (C(OH)–C–C–N with tert-alkyl or cyclic N) is 1. The van der Waals surface area contributed by atoms with Crippen molar-refractivity contribution < 1.29 is 5.11 Å². The van der Waals surface area contributed by atoms with Gasteiger partial charge in [-0.15, -0.1) is 0 Å². The van der Waals surface area contributed by atoms with Crippen molar-refractivity contribution >= 4 is 5.82 Å². The zero-order valence-corrected chi connectivity index (χ0v) is 11.7. The van der Waals surface area contributed by atoms with E-state index in [1.807, 2.05) is 13.8 Å². The van der Waals surface area contributed by atoms with Crippen LogP contribution in [0.3, 0.4) is 0 Å². The molecule has 0 spiro atoms. The van der Waals surface area contributed by atoms with E-state index in [1.165, 1.54) is 0 Å². The molecule has 1 saturated heterocycles. The summed E-state index contributed by atoms with van der Waals surface area (Å²) in [5.41, 5.74) is 5.68. The minimum atomic E-state index is -0.634. The Labute approximate surface area is 114 Å². The second-order valence-electron chi connectivity index (χ2n) is 5.65. The van der Waals surface area contributed by atoms with Gasteiger partial charge in [0.25, 0.3) is 0 Å². The van der Waals surface area contributed by atoms with E-state index in [1.54, 1.807) is 12.4 Å². The molecular formula is C13H23N5O. The van der Waals surface area contributed by atoms with Gasteiger partial charge in [-0.05, 0) is 13.8 Å². The van der Waals surface area contributed by atoms with Gasteiger partial charge in [0.15, 0.2) is 0 Å². The summed E-state index contributed by atoms with van der Waals surface area (Å²) in [6.45, 7) is 8.51. The predicted molar refractivity (Wildman–Crippen MR) is 74.9 cm³/mol. The second kappa shape index (κ2) is 5.81. The topological polar surface area (TPSA) is 78.5 Å². The average Bonchev–Trinajstić information content (AvgIpc) is 2.38. The van der Waals surface area contributed by atoms with Crippen molar-refractivity contribution in [3.05, 3.63) is 18.1 Å². The van der Waals surface area contributed by atoms with Crippen LogP contribution < -0.4 is 10.6 Å². The summed E-state index contributed by atoms with van der Waals surface area (Å²) < 4.78 is 0. The molecule has 0 radical (unpaired) electrons. The maximum atomic E-state index is 9.82. The largest absolute Gasteiger partial charge is 0.389 e. The van der Waals surface area contributed by atoms with Crippen molar-refractivity contribution in [3.8, 4) is 0 Å². The number of hydrogen-bond donors (Lipinski definition) is 2. The lowest BCUT2D eigenvalue weighted by molar-refractivity contribution is 0.0344. The lowest BCUT2D eigenvalue weighted by Gasteiger charge is -2.37. The molecule has 0 saturated carbocycles. The number of anilines is 1. The molecule has 0 aliphatic carbocycles. The third kappa shape index (κ3) is 4.12. The summed E-state index contributed by atoms with van der Waals surface area (Å²) in [6, 6.07) is 0. The number of aliphatic hydroxyl groups is 1. The van der Waals surface area contributed by atoms with Gasteiger partial charge in [0.2, 0.25) is 0 Å². The molecule has 0 atom stereocenters. The number of nitrogens with two attached hydrogens (primary N) is 1. The smallest absolute Gasteiger partial charge is 0.147 e. The molecule has 106 valence electrons. The van der Waals surface area contributed by atoms with Gasteiger partial charge in [0, 0.05) is 39.3 Å². The number of rotatable bonds is 4. The molecule has 1 aliphatic heterocycles. The molecule has 6 heteroatoms. The number of nitrogens with zero attached hydrogens (tertiary/aromatic N) is 4. The molecule has 1 aliphatic rings. The van der Waals surface area contributed by atoms with Crippen molar-refractivity contribution in [3.63, 3.8) is 0 Å². The van der Waals surface area contributed by atoms with Gasteiger partial charge in [-0.2, -0.15) is 0 Å². The van der Waals surface area contributed by atoms with E-state index in [2.05, 4.69) is 19.8 Å². The molecule has 0 unspecified atom stereocenters. The van der Waals surface area contributed by atoms with Gasteiger partial charge in [0.1, 0.15) is 5.82 Å². The Bertz CT molecular complexity index is 392. The average molecular weight is 265 g/mol. The van der Waals surface area contributed by atoms with Gasteiger partial charge in [-0.1, -0.05) is 0 Å². The Balaban J connectivity index is 1.88. The molecular weight excluding hydrogens is 242 g/mol. The normalized spacial score (nSPS) is 17.8. The first-order chi connectivity index (χ1) is 8.98. The standard InChI is InChI=1S/C13H23N5O/c1-13(2,19)10-17-3-5-18(6-4-17)12-9-15-11(7-14)8-16-12/h8-9,19H,3-7,10,14H2,1-2H3. The maximum absolute atomic E-state index is 9.82. The Morgan fingerprint density at radius 1 is 1.21 bits per heavy atom. The van der Waals surface area contributed by atoms with Crippen LogP contribution >= 0.6 is 0 Å². The molecule has 0 aromatic carbocycles. The van der Waals surface area contributed by atoms with Gasteiger partial charge in [0.05, 0.1) is 23.7 Å². The van der Waals surface area contributed by atoms with Gasteiger partial charge in [-0.25, -0.2) is 4.98 Å². The summed E-state index contributed by atoms with van der Waals surface area (Å²) in [7, 11) is 0. The Kier molecular flexibility index (Phi) is 4.34. The molecule has 19 heavy (non-hydrogen) atoms. The van der Waals surface area contributed by atoms with Crippen molar-refractivity contribution in [2.45, 2.75) is 26.0 Å². The highest BCUT2D eigenvalue weighted by molar-refractivity contribution is 5.36. The van der Waals surface area contributed by atoms with Crippen LogP contribution in [0.15, 0.2) is 12.4 Å². The number of aromatic nitrogens is 2. The van der Waals surface area contributed by atoms with Crippen LogP contribution in [0.1, 0.15) is 19.5 Å². The van der Waals surface area contributed by atoms with Crippen LogP contribution in [-0.2, 0) is 6.54 Å². The quantitative estimate of drug-likeness (QED) is 0.787. The first-order valence-corrected chi connectivity index (χ1v) is 6.68. The van der Waals surface area contributed by atoms with Gasteiger partial charge < -0.3 is 15.7 Å². The first kappa shape index (κ1) is 14.2. The summed E-state index contributed by atoms with van der Waals surface area (Å²) in [5.74, 6) is 0.903. The van der Waals surface area contributed by atoms with Crippen molar-refractivity contribution in [1.29, 1.82) is 0 Å². The maximum Gasteiger partial charge on any atom is 0.147 e. The number of hydrogen-bond acceptors (Lipinski definition) is 6. The third-order valence-corrected chi connectivity index (χ3v) is 3.21. The highest BCUT2D eigenvalue weighted by atomic mass is 16.3. The molecule has 1 aromatic rings. The number of piperazine rings is 1. The lowest BCUT2D eigenvalue weighted by Crippen LogP contribution is -2.50. The van der Waals surface area contributed by atoms with Gasteiger partial charge in [-0.3, -0.25) is 9.88 Å². The van der Waals surface area contributed by atoms with Crippen LogP contribution in [0, 0.1) is 0 Å². The molecule has 2 rings (SSSR count). The summed E-state index contributed by atoms with van der Waals surface area (Å²) >= 11 is 0. The van der Waals surface area contributed by atoms with E-state index in [9.17, 15) is 5.11 Å². The van der Waals surface area contributed by atoms with E-state index in [-0.39, 0.29) is 0 Å². The Hall–Kier alpha value is -1.24. The second-order valence-corrected chi connectivity index (χ2v) is 5.65. The van der Waals surface area contributed by atoms with E-state index in [0.29, 0.717) is 13.1 Å². The Morgan fingerprint density at radius 3 is 2.37 bits per heavy atom. The fourth-order valence-corrected chi connectivity index (χ4v) is 2.30. The lowest BCUT2D eigenvalue weighted by atomic mass is 10.1. The van der Waals surface area contributed by atoms with Crippen LogP contribution in [0.25, 0.3) is 0 Å². The van der Waals surface area contributed by atoms with E-state index < -0.39 is 5.60 Å². The highest BCUT2D eigenvalue weighted by Crippen LogP contribution is 2.14. The van der Waals surface area contributed by atoms with Crippen molar-refractivity contribution in [1.82, 2.24) is 14.9 Å². The summed E-state index contributed by atoms with van der Waals surface area (Å²) in [5, 5.41) is 9.82. The molecule has 0 bridgehead atoms.